The minimum atomic E-state index is -0.870. The van der Waals surface area contributed by atoms with Gasteiger partial charge in [-0.2, -0.15) is 0 Å². The van der Waals surface area contributed by atoms with Crippen LogP contribution in [0.5, 0.6) is 0 Å². The van der Waals surface area contributed by atoms with Gasteiger partial charge < -0.3 is 9.63 Å². The molecule has 0 unspecified atom stereocenters. The lowest BCUT2D eigenvalue weighted by atomic mass is 10.0. The lowest BCUT2D eigenvalue weighted by molar-refractivity contribution is 0.171. The molecule has 0 spiro atoms. The number of benzene rings is 1. The van der Waals surface area contributed by atoms with Crippen LogP contribution in [-0.2, 0) is 6.54 Å². The molecular formula is C14H14F2N2O2. The standard InChI is InChI=1S/C14H14F2N2O2/c15-12-2-1-9(5-13(12)16)14-6-11(19)8-18(14)7-10-3-4-20-17-10/h1-5,11,14,19H,6-8H2/t11-,14+/m1/s1. The molecule has 1 fully saturated rings. The van der Waals surface area contributed by atoms with Gasteiger partial charge in [-0.25, -0.2) is 8.78 Å². The smallest absolute Gasteiger partial charge is 0.159 e. The summed E-state index contributed by atoms with van der Waals surface area (Å²) in [5, 5.41) is 13.7. The van der Waals surface area contributed by atoms with Crippen molar-refractivity contribution in [2.75, 3.05) is 6.54 Å². The Morgan fingerprint density at radius 1 is 1.30 bits per heavy atom. The summed E-state index contributed by atoms with van der Waals surface area (Å²) < 4.78 is 31.1. The van der Waals surface area contributed by atoms with Gasteiger partial charge in [0.1, 0.15) is 6.26 Å². The van der Waals surface area contributed by atoms with Crippen molar-refractivity contribution in [2.24, 2.45) is 0 Å². The highest BCUT2D eigenvalue weighted by Gasteiger charge is 2.32. The SMILES string of the molecule is O[C@@H]1C[C@@H](c2ccc(F)c(F)c2)N(Cc2ccon2)C1. The van der Waals surface area contributed by atoms with Crippen LogP contribution in [0.15, 0.2) is 35.1 Å². The fourth-order valence-electron chi connectivity index (χ4n) is 2.65. The Morgan fingerprint density at radius 2 is 2.15 bits per heavy atom. The van der Waals surface area contributed by atoms with E-state index in [-0.39, 0.29) is 6.04 Å². The van der Waals surface area contributed by atoms with Gasteiger partial charge in [-0.3, -0.25) is 4.90 Å². The van der Waals surface area contributed by atoms with Gasteiger partial charge in [0, 0.05) is 25.2 Å². The fourth-order valence-corrected chi connectivity index (χ4v) is 2.65. The molecule has 2 aromatic rings. The lowest BCUT2D eigenvalue weighted by Crippen LogP contribution is -2.24. The van der Waals surface area contributed by atoms with Crippen molar-refractivity contribution >= 4 is 0 Å². The molecular weight excluding hydrogens is 266 g/mol. The molecule has 0 amide bonds. The predicted molar refractivity (Wildman–Crippen MR) is 66.6 cm³/mol. The molecule has 0 aliphatic carbocycles. The molecule has 1 aromatic carbocycles. The molecule has 0 saturated carbocycles. The van der Waals surface area contributed by atoms with Gasteiger partial charge in [-0.15, -0.1) is 0 Å². The van der Waals surface area contributed by atoms with E-state index in [9.17, 15) is 13.9 Å². The summed E-state index contributed by atoms with van der Waals surface area (Å²) in [6, 6.07) is 5.44. The molecule has 2 heterocycles. The molecule has 1 aliphatic rings. The Morgan fingerprint density at radius 3 is 2.85 bits per heavy atom. The van der Waals surface area contributed by atoms with Crippen molar-refractivity contribution in [1.82, 2.24) is 10.1 Å². The topological polar surface area (TPSA) is 49.5 Å². The second-order valence-electron chi connectivity index (χ2n) is 5.00. The first-order valence-corrected chi connectivity index (χ1v) is 6.40. The molecule has 3 rings (SSSR count). The van der Waals surface area contributed by atoms with Crippen molar-refractivity contribution < 1.29 is 18.4 Å². The number of hydrogen-bond acceptors (Lipinski definition) is 4. The van der Waals surface area contributed by atoms with E-state index in [0.717, 1.165) is 11.8 Å². The fraction of sp³-hybridized carbons (Fsp3) is 0.357. The third-order valence-electron chi connectivity index (χ3n) is 3.57. The molecule has 0 radical (unpaired) electrons. The summed E-state index contributed by atoms with van der Waals surface area (Å²) in [5.41, 5.74) is 1.40. The average molecular weight is 280 g/mol. The van der Waals surface area contributed by atoms with Crippen molar-refractivity contribution in [3.63, 3.8) is 0 Å². The maximum atomic E-state index is 13.4. The van der Waals surface area contributed by atoms with E-state index < -0.39 is 17.7 Å². The van der Waals surface area contributed by atoms with Gasteiger partial charge in [-0.1, -0.05) is 11.2 Å². The number of aliphatic hydroxyl groups is 1. The van der Waals surface area contributed by atoms with Crippen LogP contribution in [0.4, 0.5) is 8.78 Å². The van der Waals surface area contributed by atoms with E-state index in [0.29, 0.717) is 25.1 Å². The summed E-state index contributed by atoms with van der Waals surface area (Å²) in [6.07, 6.45) is 1.48. The summed E-state index contributed by atoms with van der Waals surface area (Å²) in [7, 11) is 0. The van der Waals surface area contributed by atoms with Crippen LogP contribution in [0.3, 0.4) is 0 Å². The summed E-state index contributed by atoms with van der Waals surface area (Å²) in [4.78, 5) is 1.98. The van der Waals surface area contributed by atoms with E-state index >= 15 is 0 Å². The number of aliphatic hydroxyl groups excluding tert-OH is 1. The van der Waals surface area contributed by atoms with E-state index in [2.05, 4.69) is 5.16 Å². The normalized spacial score (nSPS) is 23.4. The maximum absolute atomic E-state index is 13.4. The van der Waals surface area contributed by atoms with Crippen LogP contribution >= 0.6 is 0 Å². The van der Waals surface area contributed by atoms with Crippen molar-refractivity contribution in [3.05, 3.63) is 53.4 Å². The Bertz CT molecular complexity index is 589. The molecule has 1 aromatic heterocycles. The van der Waals surface area contributed by atoms with Gasteiger partial charge >= 0.3 is 0 Å². The lowest BCUT2D eigenvalue weighted by Gasteiger charge is -2.23. The largest absolute Gasteiger partial charge is 0.392 e. The number of halogens is 2. The number of likely N-dealkylation sites (tertiary alicyclic amines) is 1. The van der Waals surface area contributed by atoms with Crippen LogP contribution in [-0.4, -0.2) is 27.8 Å². The third-order valence-corrected chi connectivity index (χ3v) is 3.57. The Kier molecular flexibility index (Phi) is 3.50. The zero-order chi connectivity index (χ0) is 14.1. The molecule has 6 heteroatoms. The van der Waals surface area contributed by atoms with Gasteiger partial charge in [0.25, 0.3) is 0 Å². The second kappa shape index (κ2) is 5.30. The molecule has 1 aliphatic heterocycles. The highest BCUT2D eigenvalue weighted by molar-refractivity contribution is 5.23. The van der Waals surface area contributed by atoms with Crippen LogP contribution in [0.1, 0.15) is 23.7 Å². The Balaban J connectivity index is 1.83. The minimum Gasteiger partial charge on any atom is -0.392 e. The van der Waals surface area contributed by atoms with Crippen molar-refractivity contribution in [2.45, 2.75) is 25.1 Å². The molecule has 106 valence electrons. The van der Waals surface area contributed by atoms with Crippen LogP contribution < -0.4 is 0 Å². The zero-order valence-electron chi connectivity index (χ0n) is 10.7. The molecule has 4 nitrogen and oxygen atoms in total. The van der Waals surface area contributed by atoms with Crippen LogP contribution in [0.2, 0.25) is 0 Å². The van der Waals surface area contributed by atoms with Gasteiger partial charge in [0.2, 0.25) is 0 Å². The van der Waals surface area contributed by atoms with Gasteiger partial charge in [0.05, 0.1) is 11.8 Å². The zero-order valence-corrected chi connectivity index (χ0v) is 10.7. The highest BCUT2D eigenvalue weighted by Crippen LogP contribution is 2.33. The predicted octanol–water partition coefficient (Wildman–Crippen LogP) is 2.26. The average Bonchev–Trinajstić information content (AvgIpc) is 3.03. The maximum Gasteiger partial charge on any atom is 0.159 e. The molecule has 1 N–H and O–H groups in total. The summed E-state index contributed by atoms with van der Waals surface area (Å²) in [5.74, 6) is -1.74. The molecule has 20 heavy (non-hydrogen) atoms. The second-order valence-corrected chi connectivity index (χ2v) is 5.00. The van der Waals surface area contributed by atoms with Crippen molar-refractivity contribution in [1.29, 1.82) is 0 Å². The summed E-state index contributed by atoms with van der Waals surface area (Å²) in [6.45, 7) is 0.966. The van der Waals surface area contributed by atoms with Gasteiger partial charge in [0.15, 0.2) is 11.6 Å². The van der Waals surface area contributed by atoms with Crippen LogP contribution in [0.25, 0.3) is 0 Å². The number of hydrogen-bond donors (Lipinski definition) is 1. The Labute approximate surface area is 114 Å². The number of rotatable bonds is 3. The quantitative estimate of drug-likeness (QED) is 0.937. The van der Waals surface area contributed by atoms with E-state index in [1.165, 1.54) is 12.3 Å². The van der Waals surface area contributed by atoms with Gasteiger partial charge in [-0.05, 0) is 24.1 Å². The van der Waals surface area contributed by atoms with E-state index in [1.807, 2.05) is 4.90 Å². The number of nitrogens with zero attached hydrogens (tertiary/aromatic N) is 2. The minimum absolute atomic E-state index is 0.156. The third kappa shape index (κ3) is 2.57. The highest BCUT2D eigenvalue weighted by atomic mass is 19.2. The molecule has 1 saturated heterocycles. The number of aromatic nitrogens is 1. The monoisotopic (exact) mass is 280 g/mol. The molecule has 2 atom stereocenters. The van der Waals surface area contributed by atoms with E-state index in [1.54, 1.807) is 12.1 Å². The first-order valence-electron chi connectivity index (χ1n) is 6.40. The first-order chi connectivity index (χ1) is 9.63. The van der Waals surface area contributed by atoms with E-state index in [4.69, 9.17) is 4.52 Å². The molecule has 0 bridgehead atoms. The Hall–Kier alpha value is -1.79. The van der Waals surface area contributed by atoms with Crippen LogP contribution in [0, 0.1) is 11.6 Å². The van der Waals surface area contributed by atoms with Crippen molar-refractivity contribution in [3.8, 4) is 0 Å². The summed E-state index contributed by atoms with van der Waals surface area (Å²) >= 11 is 0. The first kappa shape index (κ1) is 13.2. The number of β-amino-alcohol motifs (C(OH)–C–C–N with tert-alkyl or cyclic N) is 1.